The van der Waals surface area contributed by atoms with Crippen molar-refractivity contribution in [3.8, 4) is 11.5 Å². The summed E-state index contributed by atoms with van der Waals surface area (Å²) in [7, 11) is 0. The normalized spacial score (nSPS) is 10.4. The fraction of sp³-hybridized carbons (Fsp3) is 0.118. The van der Waals surface area contributed by atoms with Crippen LogP contribution in [0.1, 0.15) is 5.56 Å². The Hall–Kier alpha value is -2.55. The standard InChI is InChI=1S/C17H16N2O/c1-2-4-16(5-3-1)20-17-8-6-15(7-9-17)10-12-19-13-11-18-14-19/h1-9,11,13-14H,10,12H2. The molecular weight excluding hydrogens is 248 g/mol. The molecule has 0 amide bonds. The van der Waals surface area contributed by atoms with Crippen molar-refractivity contribution in [2.45, 2.75) is 13.0 Å². The lowest BCUT2D eigenvalue weighted by molar-refractivity contribution is 0.482. The fourth-order valence-corrected chi connectivity index (χ4v) is 2.03. The Morgan fingerprint density at radius 1 is 0.900 bits per heavy atom. The van der Waals surface area contributed by atoms with Crippen LogP contribution in [0, 0.1) is 0 Å². The predicted octanol–water partition coefficient (Wildman–Crippen LogP) is 3.92. The van der Waals surface area contributed by atoms with E-state index in [0.29, 0.717) is 0 Å². The van der Waals surface area contributed by atoms with E-state index in [2.05, 4.69) is 21.7 Å². The van der Waals surface area contributed by atoms with Crippen LogP contribution < -0.4 is 4.74 Å². The Balaban J connectivity index is 1.60. The molecule has 1 aromatic heterocycles. The Morgan fingerprint density at radius 3 is 2.35 bits per heavy atom. The molecule has 2 aromatic carbocycles. The van der Waals surface area contributed by atoms with Crippen LogP contribution in [0.4, 0.5) is 0 Å². The smallest absolute Gasteiger partial charge is 0.127 e. The summed E-state index contributed by atoms with van der Waals surface area (Å²) < 4.78 is 7.85. The molecule has 1 heterocycles. The summed E-state index contributed by atoms with van der Waals surface area (Å²) in [6.45, 7) is 0.943. The molecule has 0 spiro atoms. The summed E-state index contributed by atoms with van der Waals surface area (Å²) in [5, 5.41) is 0. The van der Waals surface area contributed by atoms with E-state index in [1.165, 1.54) is 5.56 Å². The zero-order chi connectivity index (χ0) is 13.6. The molecular formula is C17H16N2O. The zero-order valence-electron chi connectivity index (χ0n) is 11.1. The van der Waals surface area contributed by atoms with Crippen molar-refractivity contribution >= 4 is 0 Å². The van der Waals surface area contributed by atoms with Gasteiger partial charge in [0, 0.05) is 18.9 Å². The molecule has 3 aromatic rings. The van der Waals surface area contributed by atoms with Crippen LogP contribution in [0.15, 0.2) is 73.3 Å². The predicted molar refractivity (Wildman–Crippen MR) is 78.9 cm³/mol. The van der Waals surface area contributed by atoms with E-state index < -0.39 is 0 Å². The second-order valence-electron chi connectivity index (χ2n) is 4.61. The minimum atomic E-state index is 0.860. The van der Waals surface area contributed by atoms with E-state index in [-0.39, 0.29) is 0 Å². The monoisotopic (exact) mass is 264 g/mol. The molecule has 0 fully saturated rings. The van der Waals surface area contributed by atoms with Gasteiger partial charge >= 0.3 is 0 Å². The molecule has 0 saturated heterocycles. The average molecular weight is 264 g/mol. The molecule has 100 valence electrons. The molecule has 0 bridgehead atoms. The van der Waals surface area contributed by atoms with Gasteiger partial charge in [0.2, 0.25) is 0 Å². The molecule has 3 nitrogen and oxygen atoms in total. The quantitative estimate of drug-likeness (QED) is 0.698. The first-order valence-electron chi connectivity index (χ1n) is 6.68. The topological polar surface area (TPSA) is 27.1 Å². The molecule has 0 atom stereocenters. The molecule has 0 saturated carbocycles. The highest BCUT2D eigenvalue weighted by atomic mass is 16.5. The minimum Gasteiger partial charge on any atom is -0.457 e. The van der Waals surface area contributed by atoms with Gasteiger partial charge in [-0.15, -0.1) is 0 Å². The van der Waals surface area contributed by atoms with Gasteiger partial charge in [0.1, 0.15) is 11.5 Å². The highest BCUT2D eigenvalue weighted by molar-refractivity contribution is 5.32. The molecule has 0 unspecified atom stereocenters. The van der Waals surface area contributed by atoms with Crippen LogP contribution in [0.3, 0.4) is 0 Å². The number of aryl methyl sites for hydroxylation is 2. The first-order valence-corrected chi connectivity index (χ1v) is 6.68. The summed E-state index contributed by atoms with van der Waals surface area (Å²) >= 11 is 0. The summed E-state index contributed by atoms with van der Waals surface area (Å²) in [4.78, 5) is 4.04. The van der Waals surface area contributed by atoms with Gasteiger partial charge in [-0.05, 0) is 36.2 Å². The number of benzene rings is 2. The van der Waals surface area contributed by atoms with Crippen molar-refractivity contribution in [2.75, 3.05) is 0 Å². The van der Waals surface area contributed by atoms with Gasteiger partial charge in [-0.2, -0.15) is 0 Å². The average Bonchev–Trinajstić information content (AvgIpc) is 3.01. The van der Waals surface area contributed by atoms with Gasteiger partial charge in [-0.3, -0.25) is 0 Å². The van der Waals surface area contributed by atoms with Crippen LogP contribution in [-0.2, 0) is 13.0 Å². The highest BCUT2D eigenvalue weighted by Gasteiger charge is 1.98. The number of aromatic nitrogens is 2. The minimum absolute atomic E-state index is 0.860. The summed E-state index contributed by atoms with van der Waals surface area (Å²) in [5.74, 6) is 1.72. The number of para-hydroxylation sites is 1. The second-order valence-corrected chi connectivity index (χ2v) is 4.61. The van der Waals surface area contributed by atoms with Crippen LogP contribution in [-0.4, -0.2) is 9.55 Å². The molecule has 0 radical (unpaired) electrons. The van der Waals surface area contributed by atoms with Crippen molar-refractivity contribution in [1.29, 1.82) is 0 Å². The van der Waals surface area contributed by atoms with Crippen LogP contribution >= 0.6 is 0 Å². The Kier molecular flexibility index (Phi) is 3.78. The number of nitrogens with zero attached hydrogens (tertiary/aromatic N) is 2. The van der Waals surface area contributed by atoms with Gasteiger partial charge < -0.3 is 9.30 Å². The van der Waals surface area contributed by atoms with Crippen molar-refractivity contribution in [1.82, 2.24) is 9.55 Å². The third-order valence-electron chi connectivity index (χ3n) is 3.12. The molecule has 0 aliphatic carbocycles. The van der Waals surface area contributed by atoms with Crippen molar-refractivity contribution in [3.63, 3.8) is 0 Å². The number of hydrogen-bond donors (Lipinski definition) is 0. The lowest BCUT2D eigenvalue weighted by Crippen LogP contribution is -1.98. The number of ether oxygens (including phenoxy) is 1. The number of imidazole rings is 1. The lowest BCUT2D eigenvalue weighted by Gasteiger charge is -2.07. The van der Waals surface area contributed by atoms with Crippen molar-refractivity contribution in [3.05, 3.63) is 78.9 Å². The maximum absolute atomic E-state index is 5.77. The molecule has 0 N–H and O–H groups in total. The Labute approximate surface area is 118 Å². The summed E-state index contributed by atoms with van der Waals surface area (Å²) in [5.41, 5.74) is 1.29. The van der Waals surface area contributed by atoms with Gasteiger partial charge in [0.25, 0.3) is 0 Å². The maximum atomic E-state index is 5.77. The van der Waals surface area contributed by atoms with Gasteiger partial charge in [0.15, 0.2) is 0 Å². The first kappa shape index (κ1) is 12.5. The summed E-state index contributed by atoms with van der Waals surface area (Å²) in [6, 6.07) is 18.0. The van der Waals surface area contributed by atoms with Gasteiger partial charge in [-0.25, -0.2) is 4.98 Å². The SMILES string of the molecule is c1ccc(Oc2ccc(CCn3ccnc3)cc2)cc1. The van der Waals surface area contributed by atoms with E-state index >= 15 is 0 Å². The second kappa shape index (κ2) is 6.06. The fourth-order valence-electron chi connectivity index (χ4n) is 2.03. The molecule has 20 heavy (non-hydrogen) atoms. The van der Waals surface area contributed by atoms with Gasteiger partial charge in [-0.1, -0.05) is 30.3 Å². The van der Waals surface area contributed by atoms with Crippen LogP contribution in [0.2, 0.25) is 0 Å². The summed E-state index contributed by atoms with van der Waals surface area (Å²) in [6.07, 6.45) is 6.61. The third kappa shape index (κ3) is 3.26. The van der Waals surface area contributed by atoms with E-state index in [1.807, 2.05) is 55.0 Å². The van der Waals surface area contributed by atoms with E-state index in [0.717, 1.165) is 24.5 Å². The number of hydrogen-bond acceptors (Lipinski definition) is 2. The first-order chi connectivity index (χ1) is 9.90. The number of rotatable bonds is 5. The Bertz CT molecular complexity index is 631. The molecule has 0 aliphatic heterocycles. The largest absolute Gasteiger partial charge is 0.457 e. The molecule has 3 rings (SSSR count). The van der Waals surface area contributed by atoms with Crippen molar-refractivity contribution in [2.24, 2.45) is 0 Å². The highest BCUT2D eigenvalue weighted by Crippen LogP contribution is 2.21. The third-order valence-corrected chi connectivity index (χ3v) is 3.12. The maximum Gasteiger partial charge on any atom is 0.127 e. The van der Waals surface area contributed by atoms with Crippen molar-refractivity contribution < 1.29 is 4.74 Å². The zero-order valence-corrected chi connectivity index (χ0v) is 11.1. The van der Waals surface area contributed by atoms with E-state index in [1.54, 1.807) is 6.20 Å². The lowest BCUT2D eigenvalue weighted by atomic mass is 10.1. The van der Waals surface area contributed by atoms with Gasteiger partial charge in [0.05, 0.1) is 6.33 Å². The molecule has 3 heteroatoms. The Morgan fingerprint density at radius 2 is 1.65 bits per heavy atom. The van der Waals surface area contributed by atoms with E-state index in [4.69, 9.17) is 4.74 Å². The van der Waals surface area contributed by atoms with Crippen LogP contribution in [0.5, 0.6) is 11.5 Å². The van der Waals surface area contributed by atoms with Crippen LogP contribution in [0.25, 0.3) is 0 Å². The van der Waals surface area contributed by atoms with E-state index in [9.17, 15) is 0 Å². The molecule has 0 aliphatic rings.